The van der Waals surface area contributed by atoms with Gasteiger partial charge in [-0.25, -0.2) is 9.78 Å². The first-order valence-corrected chi connectivity index (χ1v) is 6.81. The van der Waals surface area contributed by atoms with Gasteiger partial charge in [-0.2, -0.15) is 0 Å². The van der Waals surface area contributed by atoms with E-state index >= 15 is 0 Å². The van der Waals surface area contributed by atoms with Crippen molar-refractivity contribution in [3.8, 4) is 0 Å². The Kier molecular flexibility index (Phi) is 4.16. The smallest absolute Gasteiger partial charge is 0.358 e. The SMILES string of the molecule is COC(=O)c1nc(N2CCOC(C)C2)sc1C(C)=O. The average Bonchev–Trinajstić information content (AvgIpc) is 2.83. The van der Waals surface area contributed by atoms with Crippen molar-refractivity contribution in [2.24, 2.45) is 0 Å². The molecule has 104 valence electrons. The number of nitrogens with zero attached hydrogens (tertiary/aromatic N) is 2. The van der Waals surface area contributed by atoms with E-state index in [1.165, 1.54) is 25.4 Å². The molecule has 1 aliphatic heterocycles. The van der Waals surface area contributed by atoms with Crippen LogP contribution in [0, 0.1) is 0 Å². The van der Waals surface area contributed by atoms with Crippen LogP contribution in [0.15, 0.2) is 0 Å². The fraction of sp³-hybridized carbons (Fsp3) is 0.583. The number of carbonyl (C=O) groups is 2. The molecule has 6 nitrogen and oxygen atoms in total. The first-order chi connectivity index (χ1) is 9.02. The van der Waals surface area contributed by atoms with Gasteiger partial charge in [-0.1, -0.05) is 11.3 Å². The van der Waals surface area contributed by atoms with Gasteiger partial charge in [-0.15, -0.1) is 0 Å². The second kappa shape index (κ2) is 5.66. The maximum absolute atomic E-state index is 11.6. The molecule has 0 amide bonds. The Balaban J connectivity index is 2.31. The molecule has 1 unspecified atom stereocenters. The predicted molar refractivity (Wildman–Crippen MR) is 71.1 cm³/mol. The molecule has 0 aromatic carbocycles. The van der Waals surface area contributed by atoms with Crippen molar-refractivity contribution in [2.75, 3.05) is 31.7 Å². The van der Waals surface area contributed by atoms with E-state index in [0.717, 1.165) is 0 Å². The minimum Gasteiger partial charge on any atom is -0.464 e. The lowest BCUT2D eigenvalue weighted by Gasteiger charge is -2.30. The Labute approximate surface area is 115 Å². The fourth-order valence-corrected chi connectivity index (χ4v) is 2.89. The lowest BCUT2D eigenvalue weighted by molar-refractivity contribution is 0.0531. The maximum atomic E-state index is 11.6. The van der Waals surface area contributed by atoms with Crippen molar-refractivity contribution in [3.05, 3.63) is 10.6 Å². The zero-order valence-electron chi connectivity index (χ0n) is 11.1. The second-order valence-electron chi connectivity index (χ2n) is 4.35. The van der Waals surface area contributed by atoms with E-state index in [-0.39, 0.29) is 17.6 Å². The number of aromatic nitrogens is 1. The van der Waals surface area contributed by atoms with Crippen LogP contribution < -0.4 is 4.90 Å². The molecule has 1 saturated heterocycles. The van der Waals surface area contributed by atoms with Crippen molar-refractivity contribution < 1.29 is 19.1 Å². The molecule has 1 aromatic heterocycles. The molecule has 0 N–H and O–H groups in total. The molecule has 7 heteroatoms. The first kappa shape index (κ1) is 14.0. The summed E-state index contributed by atoms with van der Waals surface area (Å²) >= 11 is 1.23. The van der Waals surface area contributed by atoms with Gasteiger partial charge in [-0.05, 0) is 6.92 Å². The second-order valence-corrected chi connectivity index (χ2v) is 5.33. The summed E-state index contributed by atoms with van der Waals surface area (Å²) in [5.41, 5.74) is 0.106. The Bertz CT molecular complexity index is 500. The van der Waals surface area contributed by atoms with Gasteiger partial charge in [0.25, 0.3) is 0 Å². The Morgan fingerprint density at radius 3 is 2.84 bits per heavy atom. The standard InChI is InChI=1S/C12H16N2O4S/c1-7-6-14(4-5-18-7)12-13-9(11(16)17-3)10(19-12)8(2)15/h7H,4-6H2,1-3H3. The van der Waals surface area contributed by atoms with E-state index in [9.17, 15) is 9.59 Å². The molecular weight excluding hydrogens is 268 g/mol. The van der Waals surface area contributed by atoms with Crippen LogP contribution in [0.3, 0.4) is 0 Å². The number of carbonyl (C=O) groups excluding carboxylic acids is 2. The summed E-state index contributed by atoms with van der Waals surface area (Å²) in [6, 6.07) is 0. The highest BCUT2D eigenvalue weighted by Crippen LogP contribution is 2.28. The molecule has 0 spiro atoms. The van der Waals surface area contributed by atoms with Crippen molar-refractivity contribution in [3.63, 3.8) is 0 Å². The van der Waals surface area contributed by atoms with Gasteiger partial charge in [0.1, 0.15) is 4.88 Å². The third-order valence-corrected chi connectivity index (χ3v) is 4.04. The summed E-state index contributed by atoms with van der Waals surface area (Å²) in [4.78, 5) is 29.8. The van der Waals surface area contributed by atoms with Crippen LogP contribution in [-0.4, -0.2) is 49.6 Å². The molecule has 0 aliphatic carbocycles. The van der Waals surface area contributed by atoms with Crippen molar-refractivity contribution in [2.45, 2.75) is 20.0 Å². The monoisotopic (exact) mass is 284 g/mol. The van der Waals surface area contributed by atoms with Crippen LogP contribution in [-0.2, 0) is 9.47 Å². The summed E-state index contributed by atoms with van der Waals surface area (Å²) in [5, 5.41) is 0.667. The molecule has 1 fully saturated rings. The number of methoxy groups -OCH3 is 1. The highest BCUT2D eigenvalue weighted by molar-refractivity contribution is 7.17. The predicted octanol–water partition coefficient (Wildman–Crippen LogP) is 1.36. The molecular formula is C12H16N2O4S. The minimum atomic E-state index is -0.575. The summed E-state index contributed by atoms with van der Waals surface area (Å²) in [5.74, 6) is -0.750. The third-order valence-electron chi connectivity index (χ3n) is 2.83. The van der Waals surface area contributed by atoms with E-state index in [4.69, 9.17) is 4.74 Å². The molecule has 1 aliphatic rings. The quantitative estimate of drug-likeness (QED) is 0.616. The Morgan fingerprint density at radius 1 is 1.53 bits per heavy atom. The van der Waals surface area contributed by atoms with Crippen LogP contribution in [0.2, 0.25) is 0 Å². The highest BCUT2D eigenvalue weighted by atomic mass is 32.1. The van der Waals surface area contributed by atoms with E-state index in [1.807, 2.05) is 11.8 Å². The lowest BCUT2D eigenvalue weighted by atomic mass is 10.3. The molecule has 1 aromatic rings. The Hall–Kier alpha value is -1.47. The van der Waals surface area contributed by atoms with Gasteiger partial charge in [-0.3, -0.25) is 4.79 Å². The number of Topliss-reactive ketones (excluding diaryl/α,β-unsaturated/α-hetero) is 1. The van der Waals surface area contributed by atoms with E-state index in [0.29, 0.717) is 29.7 Å². The van der Waals surface area contributed by atoms with Crippen LogP contribution >= 0.6 is 11.3 Å². The molecule has 2 rings (SSSR count). The number of anilines is 1. The number of ketones is 1. The van der Waals surface area contributed by atoms with Crippen LogP contribution in [0.25, 0.3) is 0 Å². The van der Waals surface area contributed by atoms with E-state index < -0.39 is 5.97 Å². The average molecular weight is 284 g/mol. The van der Waals surface area contributed by atoms with Gasteiger partial charge < -0.3 is 14.4 Å². The molecule has 1 atom stereocenters. The molecule has 0 radical (unpaired) electrons. The van der Waals surface area contributed by atoms with Gasteiger partial charge >= 0.3 is 5.97 Å². The zero-order valence-corrected chi connectivity index (χ0v) is 12.0. The number of hydrogen-bond donors (Lipinski definition) is 0. The van der Waals surface area contributed by atoms with Crippen LogP contribution in [0.1, 0.15) is 34.0 Å². The number of rotatable bonds is 3. The Morgan fingerprint density at radius 2 is 2.26 bits per heavy atom. The number of hydrogen-bond acceptors (Lipinski definition) is 7. The van der Waals surface area contributed by atoms with E-state index in [2.05, 4.69) is 9.72 Å². The number of morpholine rings is 1. The van der Waals surface area contributed by atoms with Gasteiger partial charge in [0.15, 0.2) is 16.6 Å². The van der Waals surface area contributed by atoms with Gasteiger partial charge in [0.2, 0.25) is 0 Å². The highest BCUT2D eigenvalue weighted by Gasteiger charge is 2.26. The first-order valence-electron chi connectivity index (χ1n) is 5.99. The largest absolute Gasteiger partial charge is 0.464 e. The maximum Gasteiger partial charge on any atom is 0.358 e. The van der Waals surface area contributed by atoms with Crippen molar-refractivity contribution in [1.29, 1.82) is 0 Å². The summed E-state index contributed by atoms with van der Waals surface area (Å²) in [6.45, 7) is 5.42. The van der Waals surface area contributed by atoms with Gasteiger partial charge in [0.05, 0.1) is 19.8 Å². The lowest BCUT2D eigenvalue weighted by Crippen LogP contribution is -2.41. The minimum absolute atomic E-state index is 0.106. The molecule has 19 heavy (non-hydrogen) atoms. The third kappa shape index (κ3) is 2.93. The molecule has 0 saturated carbocycles. The van der Waals surface area contributed by atoms with Crippen molar-refractivity contribution in [1.82, 2.24) is 4.98 Å². The van der Waals surface area contributed by atoms with E-state index in [1.54, 1.807) is 0 Å². The number of thiazole rings is 1. The number of esters is 1. The number of ether oxygens (including phenoxy) is 2. The van der Waals surface area contributed by atoms with Crippen molar-refractivity contribution >= 4 is 28.2 Å². The van der Waals surface area contributed by atoms with Crippen LogP contribution in [0.4, 0.5) is 5.13 Å². The zero-order chi connectivity index (χ0) is 14.0. The fourth-order valence-electron chi connectivity index (χ4n) is 1.91. The molecule has 0 bridgehead atoms. The molecule has 2 heterocycles. The summed E-state index contributed by atoms with van der Waals surface area (Å²) in [6.07, 6.45) is 0.111. The van der Waals surface area contributed by atoms with Gasteiger partial charge in [0, 0.05) is 20.0 Å². The summed E-state index contributed by atoms with van der Waals surface area (Å²) in [7, 11) is 1.28. The summed E-state index contributed by atoms with van der Waals surface area (Å²) < 4.78 is 10.1. The normalized spacial score (nSPS) is 19.3. The van der Waals surface area contributed by atoms with Crippen LogP contribution in [0.5, 0.6) is 0 Å². The topological polar surface area (TPSA) is 68.7 Å².